The summed E-state index contributed by atoms with van der Waals surface area (Å²) in [6.45, 7) is 3.95. The zero-order valence-corrected chi connectivity index (χ0v) is 17.4. The largest absolute Gasteiger partial charge is 0.507 e. The first kappa shape index (κ1) is 20.3. The molecule has 0 saturated carbocycles. The molecule has 4 N–H and O–H groups in total. The summed E-state index contributed by atoms with van der Waals surface area (Å²) in [5, 5.41) is 36.1. The maximum atomic E-state index is 13.7. The molecule has 164 valence electrons. The fourth-order valence-corrected chi connectivity index (χ4v) is 4.93. The van der Waals surface area contributed by atoms with Crippen molar-refractivity contribution in [2.24, 2.45) is 5.41 Å². The third kappa shape index (κ3) is 3.42. The van der Waals surface area contributed by atoms with E-state index in [1.165, 1.54) is 12.3 Å². The van der Waals surface area contributed by atoms with Gasteiger partial charge in [-0.05, 0) is 23.8 Å². The maximum Gasteiger partial charge on any atom is 0.290 e. The predicted octanol–water partition coefficient (Wildman–Crippen LogP) is 2.10. The molecule has 0 radical (unpaired) electrons. The molecule has 3 aromatic heterocycles. The number of aromatic hydroxyl groups is 1. The number of carbonyl (C=O) groups is 1. The third-order valence-electron chi connectivity index (χ3n) is 5.65. The van der Waals surface area contributed by atoms with Crippen LogP contribution in [-0.4, -0.2) is 68.2 Å². The van der Waals surface area contributed by atoms with Crippen LogP contribution in [0.25, 0.3) is 32.7 Å². The molecule has 1 aromatic carbocycles. The average molecular weight is 455 g/mol. The van der Waals surface area contributed by atoms with Gasteiger partial charge in [-0.3, -0.25) is 9.89 Å². The highest BCUT2D eigenvalue weighted by Crippen LogP contribution is 2.41. The summed E-state index contributed by atoms with van der Waals surface area (Å²) in [5.74, 6) is -0.607. The van der Waals surface area contributed by atoms with Crippen LogP contribution in [0.3, 0.4) is 0 Å². The zero-order chi connectivity index (χ0) is 22.3. The zero-order valence-electron chi connectivity index (χ0n) is 16.6. The lowest BCUT2D eigenvalue weighted by atomic mass is 9.75. The summed E-state index contributed by atoms with van der Waals surface area (Å²) in [6, 6.07) is 6.81. The molecule has 4 aromatic rings. The van der Waals surface area contributed by atoms with E-state index in [0.717, 1.165) is 36.0 Å². The highest BCUT2D eigenvalue weighted by Gasteiger charge is 2.48. The number of H-pyrrole nitrogens is 1. The minimum Gasteiger partial charge on any atom is -0.507 e. The first-order valence-corrected chi connectivity index (χ1v) is 10.5. The minimum atomic E-state index is -0.610. The van der Waals surface area contributed by atoms with Crippen LogP contribution >= 0.6 is 11.3 Å². The quantitative estimate of drug-likeness (QED) is 0.342. The Morgan fingerprint density at radius 2 is 1.97 bits per heavy atom. The van der Waals surface area contributed by atoms with Crippen LogP contribution in [0.5, 0.6) is 5.75 Å². The van der Waals surface area contributed by atoms with E-state index in [9.17, 15) is 9.50 Å². The number of rotatable bonds is 3. The molecule has 32 heavy (non-hydrogen) atoms. The molecule has 2 aliphatic rings. The van der Waals surface area contributed by atoms with Crippen LogP contribution < -0.4 is 10.2 Å². The maximum absolute atomic E-state index is 13.7. The van der Waals surface area contributed by atoms with Crippen molar-refractivity contribution in [3.05, 3.63) is 36.4 Å². The molecule has 0 amide bonds. The first-order chi connectivity index (χ1) is 15.5. The second-order valence-electron chi connectivity index (χ2n) is 7.80. The Hall–Kier alpha value is -3.64. The Morgan fingerprint density at radius 3 is 2.59 bits per heavy atom. The summed E-state index contributed by atoms with van der Waals surface area (Å²) in [7, 11) is 0. The lowest BCUT2D eigenvalue weighted by Crippen LogP contribution is -2.71. The molecule has 0 bridgehead atoms. The van der Waals surface area contributed by atoms with Gasteiger partial charge in [-0.25, -0.2) is 0 Å². The van der Waals surface area contributed by atoms with Crippen molar-refractivity contribution >= 4 is 33.3 Å². The van der Waals surface area contributed by atoms with E-state index in [0.29, 0.717) is 33.4 Å². The van der Waals surface area contributed by atoms with Crippen molar-refractivity contribution in [2.75, 3.05) is 31.1 Å². The number of aromatic amines is 1. The summed E-state index contributed by atoms with van der Waals surface area (Å²) in [6.07, 6.45) is 1.45. The smallest absolute Gasteiger partial charge is 0.290 e. The van der Waals surface area contributed by atoms with E-state index in [1.54, 1.807) is 23.5 Å². The SMILES string of the molecule is O=CO.Oc1cc(-c2c[nH]nc2F)ccc1-c1cc2sc(N3CC4(CNC4)C3)nc2nn1. The Bertz CT molecular complexity index is 1300. The van der Waals surface area contributed by atoms with E-state index in [2.05, 4.69) is 35.6 Å². The number of halogens is 1. The molecule has 0 atom stereocenters. The predicted molar refractivity (Wildman–Crippen MR) is 116 cm³/mol. The van der Waals surface area contributed by atoms with Gasteiger partial charge in [0.25, 0.3) is 6.47 Å². The number of benzene rings is 1. The number of nitrogens with one attached hydrogen (secondary N) is 2. The molecule has 6 rings (SSSR count). The van der Waals surface area contributed by atoms with Gasteiger partial charge >= 0.3 is 0 Å². The van der Waals surface area contributed by atoms with Gasteiger partial charge in [-0.1, -0.05) is 17.4 Å². The van der Waals surface area contributed by atoms with Crippen LogP contribution in [0.15, 0.2) is 30.5 Å². The van der Waals surface area contributed by atoms with Gasteiger partial charge in [0.05, 0.1) is 16.0 Å². The monoisotopic (exact) mass is 455 g/mol. The fraction of sp³-hybridized carbons (Fsp3) is 0.250. The van der Waals surface area contributed by atoms with Crippen LogP contribution in [0, 0.1) is 11.4 Å². The second-order valence-corrected chi connectivity index (χ2v) is 8.81. The number of nitrogens with zero attached hydrogens (tertiary/aromatic N) is 5. The van der Waals surface area contributed by atoms with Gasteiger partial charge in [-0.2, -0.15) is 9.37 Å². The molecular weight excluding hydrogens is 437 g/mol. The highest BCUT2D eigenvalue weighted by molar-refractivity contribution is 7.22. The molecule has 0 unspecified atom stereocenters. The van der Waals surface area contributed by atoms with Crippen molar-refractivity contribution < 1.29 is 19.4 Å². The number of fused-ring (bicyclic) bond motifs is 1. The van der Waals surface area contributed by atoms with Crippen molar-refractivity contribution in [3.63, 3.8) is 0 Å². The van der Waals surface area contributed by atoms with Gasteiger partial charge in [-0.15, -0.1) is 15.3 Å². The van der Waals surface area contributed by atoms with Crippen molar-refractivity contribution in [2.45, 2.75) is 0 Å². The minimum absolute atomic E-state index is 0.00339. The fourth-order valence-electron chi connectivity index (χ4n) is 3.99. The molecule has 2 saturated heterocycles. The number of anilines is 1. The van der Waals surface area contributed by atoms with Gasteiger partial charge in [0.1, 0.15) is 5.75 Å². The molecule has 5 heterocycles. The number of aromatic nitrogens is 5. The number of hydrogen-bond donors (Lipinski definition) is 4. The molecule has 1 spiro atoms. The Labute approximate surface area is 184 Å². The van der Waals surface area contributed by atoms with E-state index in [-0.39, 0.29) is 12.2 Å². The van der Waals surface area contributed by atoms with E-state index in [4.69, 9.17) is 9.90 Å². The summed E-state index contributed by atoms with van der Waals surface area (Å²) in [4.78, 5) is 15.2. The molecule has 0 aliphatic carbocycles. The standard InChI is InChI=1S/C19H16FN7OS.CH2O2/c20-16-12(5-22-25-16)10-1-2-11(14(28)3-10)13-4-15-17(26-24-13)23-18(29-15)27-8-19(9-27)6-21-7-19;2-1-3/h1-5,21,28H,6-9H2,(H,22,25);1H,(H,2,3). The van der Waals surface area contributed by atoms with Crippen LogP contribution in [0.1, 0.15) is 0 Å². The normalized spacial score (nSPS) is 16.2. The van der Waals surface area contributed by atoms with E-state index >= 15 is 0 Å². The van der Waals surface area contributed by atoms with Crippen molar-refractivity contribution in [1.82, 2.24) is 30.7 Å². The van der Waals surface area contributed by atoms with Gasteiger partial charge < -0.3 is 20.4 Å². The summed E-state index contributed by atoms with van der Waals surface area (Å²) < 4.78 is 14.6. The molecule has 10 nitrogen and oxygen atoms in total. The lowest BCUT2D eigenvalue weighted by molar-refractivity contribution is -0.122. The topological polar surface area (TPSA) is 140 Å². The first-order valence-electron chi connectivity index (χ1n) is 9.73. The summed E-state index contributed by atoms with van der Waals surface area (Å²) >= 11 is 1.58. The van der Waals surface area contributed by atoms with E-state index in [1.807, 2.05) is 6.07 Å². The number of phenols is 1. The van der Waals surface area contributed by atoms with Gasteiger partial charge in [0, 0.05) is 43.4 Å². The van der Waals surface area contributed by atoms with Gasteiger partial charge in [0.15, 0.2) is 10.8 Å². The molecule has 2 fully saturated rings. The third-order valence-corrected chi connectivity index (χ3v) is 6.70. The van der Waals surface area contributed by atoms with Crippen LogP contribution in [-0.2, 0) is 4.79 Å². The Kier molecular flexibility index (Phi) is 4.94. The second kappa shape index (κ2) is 7.80. The average Bonchev–Trinajstić information content (AvgIpc) is 3.31. The number of hydrogen-bond acceptors (Lipinski definition) is 9. The highest BCUT2D eigenvalue weighted by atomic mass is 32.1. The molecule has 12 heteroatoms. The number of thiazole rings is 1. The lowest BCUT2D eigenvalue weighted by Gasteiger charge is -2.56. The van der Waals surface area contributed by atoms with E-state index < -0.39 is 5.95 Å². The van der Waals surface area contributed by atoms with Crippen molar-refractivity contribution in [3.8, 4) is 28.1 Å². The van der Waals surface area contributed by atoms with Crippen LogP contribution in [0.2, 0.25) is 0 Å². The Balaban J connectivity index is 0.000000684. The molecule has 2 aliphatic heterocycles. The van der Waals surface area contributed by atoms with Crippen molar-refractivity contribution in [1.29, 1.82) is 0 Å². The van der Waals surface area contributed by atoms with Gasteiger partial charge in [0.2, 0.25) is 5.95 Å². The number of carboxylic acid groups (broad SMARTS) is 1. The Morgan fingerprint density at radius 1 is 1.19 bits per heavy atom. The molecular formula is C20H18FN7O3S. The number of phenolic OH excluding ortho intramolecular Hbond substituents is 1. The van der Waals surface area contributed by atoms with Crippen LogP contribution in [0.4, 0.5) is 9.52 Å². The summed E-state index contributed by atoms with van der Waals surface area (Å²) in [5.41, 5.74) is 2.95.